The lowest BCUT2D eigenvalue weighted by Gasteiger charge is -2.27. The number of unbranched alkanes of at least 4 members (excludes halogenated alkanes) is 2. The Balaban J connectivity index is 2.35. The first-order valence-electron chi connectivity index (χ1n) is 11.5. The summed E-state index contributed by atoms with van der Waals surface area (Å²) in [5.74, 6) is -0.355. The van der Waals surface area contributed by atoms with Gasteiger partial charge in [-0.2, -0.15) is 0 Å². The van der Waals surface area contributed by atoms with Gasteiger partial charge in [-0.25, -0.2) is 13.1 Å². The molecule has 1 aromatic carbocycles. The van der Waals surface area contributed by atoms with E-state index >= 15 is 0 Å². The molecule has 1 aliphatic rings. The molecule has 1 aromatic rings. The molecule has 174 valence electrons. The van der Waals surface area contributed by atoms with Crippen LogP contribution < -0.4 is 4.72 Å². The molecule has 1 aliphatic carbocycles. The molecule has 0 bridgehead atoms. The smallest absolute Gasteiger partial charge is 0.244 e. The van der Waals surface area contributed by atoms with Crippen molar-refractivity contribution in [1.82, 2.24) is 4.72 Å². The van der Waals surface area contributed by atoms with E-state index in [9.17, 15) is 18.6 Å². The van der Waals surface area contributed by atoms with Gasteiger partial charge in [0.2, 0.25) is 10.0 Å². The van der Waals surface area contributed by atoms with Crippen LogP contribution in [0, 0.1) is 0 Å². The average molecular weight is 450 g/mol. The van der Waals surface area contributed by atoms with Crippen molar-refractivity contribution in [3.05, 3.63) is 40.5 Å². The number of hydrogen-bond acceptors (Lipinski definition) is 4. The topological polar surface area (TPSA) is 86.6 Å². The molecule has 0 aromatic heterocycles. The van der Waals surface area contributed by atoms with E-state index in [0.717, 1.165) is 56.9 Å². The Bertz CT molecular complexity index is 908. The van der Waals surface area contributed by atoms with Gasteiger partial charge in [-0.05, 0) is 77.3 Å². The van der Waals surface area contributed by atoms with Gasteiger partial charge in [0.1, 0.15) is 16.4 Å². The summed E-state index contributed by atoms with van der Waals surface area (Å²) in [6.07, 6.45) is 12.2. The fourth-order valence-corrected chi connectivity index (χ4v) is 5.43. The zero-order valence-electron chi connectivity index (χ0n) is 19.5. The number of phenols is 2. The van der Waals surface area contributed by atoms with Crippen LogP contribution in [-0.2, 0) is 22.9 Å². The molecule has 0 saturated heterocycles. The first kappa shape index (κ1) is 25.5. The molecule has 6 heteroatoms. The van der Waals surface area contributed by atoms with E-state index in [1.165, 1.54) is 11.6 Å². The summed E-state index contributed by atoms with van der Waals surface area (Å²) >= 11 is 0. The highest BCUT2D eigenvalue weighted by molar-refractivity contribution is 7.89. The van der Waals surface area contributed by atoms with Gasteiger partial charge in [0.05, 0.1) is 0 Å². The fourth-order valence-electron chi connectivity index (χ4n) is 3.75. The zero-order chi connectivity index (χ0) is 23.0. The molecule has 31 heavy (non-hydrogen) atoms. The van der Waals surface area contributed by atoms with E-state index in [1.54, 1.807) is 0 Å². The highest BCUT2D eigenvalue weighted by Crippen LogP contribution is 2.39. The Kier molecular flexibility index (Phi) is 9.63. The van der Waals surface area contributed by atoms with Crippen molar-refractivity contribution in [3.63, 3.8) is 0 Å². The van der Waals surface area contributed by atoms with Crippen molar-refractivity contribution in [2.24, 2.45) is 0 Å². The third-order valence-electron chi connectivity index (χ3n) is 5.90. The van der Waals surface area contributed by atoms with Crippen LogP contribution in [0.5, 0.6) is 11.5 Å². The van der Waals surface area contributed by atoms with Gasteiger partial charge in [-0.1, -0.05) is 49.5 Å². The predicted molar refractivity (Wildman–Crippen MR) is 127 cm³/mol. The predicted octanol–water partition coefficient (Wildman–Crippen LogP) is 5.90. The van der Waals surface area contributed by atoms with E-state index < -0.39 is 10.0 Å². The average Bonchev–Trinajstić information content (AvgIpc) is 2.64. The molecule has 0 aliphatic heterocycles. The van der Waals surface area contributed by atoms with Crippen molar-refractivity contribution in [3.8, 4) is 11.5 Å². The lowest BCUT2D eigenvalue weighted by molar-refractivity contribution is 0.381. The number of phenolic OH excluding ortho intramolecular Hbond substituents is 2. The fraction of sp³-hybridized carbons (Fsp3) is 0.600. The van der Waals surface area contributed by atoms with Gasteiger partial charge in [0.25, 0.3) is 0 Å². The summed E-state index contributed by atoms with van der Waals surface area (Å²) < 4.78 is 29.0. The minimum absolute atomic E-state index is 0.0417. The van der Waals surface area contributed by atoms with Gasteiger partial charge in [0.15, 0.2) is 0 Å². The molecule has 1 saturated carbocycles. The zero-order valence-corrected chi connectivity index (χ0v) is 20.3. The van der Waals surface area contributed by atoms with Crippen molar-refractivity contribution in [2.75, 3.05) is 0 Å². The summed E-state index contributed by atoms with van der Waals surface area (Å²) in [6.45, 7) is 8.23. The molecule has 0 heterocycles. The molecule has 0 atom stereocenters. The van der Waals surface area contributed by atoms with Gasteiger partial charge < -0.3 is 10.2 Å². The van der Waals surface area contributed by atoms with Gasteiger partial charge >= 0.3 is 0 Å². The van der Waals surface area contributed by atoms with E-state index in [1.807, 2.05) is 13.0 Å². The second-order valence-electron chi connectivity index (χ2n) is 8.99. The Hall–Kier alpha value is -1.79. The molecule has 0 spiro atoms. The summed E-state index contributed by atoms with van der Waals surface area (Å²) in [4.78, 5) is -0.0566. The Morgan fingerprint density at radius 1 is 1.16 bits per heavy atom. The lowest BCUT2D eigenvalue weighted by atomic mass is 9.94. The Morgan fingerprint density at radius 3 is 2.45 bits per heavy atom. The maximum absolute atomic E-state index is 13.1. The van der Waals surface area contributed by atoms with Crippen LogP contribution >= 0.6 is 0 Å². The van der Waals surface area contributed by atoms with Crippen LogP contribution in [0.2, 0.25) is 0 Å². The molecule has 2 rings (SSSR count). The number of aromatic hydroxyl groups is 2. The summed E-state index contributed by atoms with van der Waals surface area (Å²) in [5.41, 5.74) is 3.17. The van der Waals surface area contributed by atoms with Crippen LogP contribution in [0.1, 0.15) is 90.2 Å². The molecule has 0 amide bonds. The third-order valence-corrected chi connectivity index (χ3v) is 7.54. The second kappa shape index (κ2) is 11.7. The van der Waals surface area contributed by atoms with Crippen LogP contribution in [-0.4, -0.2) is 24.7 Å². The number of nitrogens with one attached hydrogen (secondary N) is 1. The number of hydrogen-bond donors (Lipinski definition) is 3. The second-order valence-corrected chi connectivity index (χ2v) is 10.6. The normalized spacial score (nSPS) is 15.0. The number of rotatable bonds is 12. The molecule has 3 N–H and O–H groups in total. The van der Waals surface area contributed by atoms with Crippen LogP contribution in [0.4, 0.5) is 0 Å². The largest absolute Gasteiger partial charge is 0.508 e. The van der Waals surface area contributed by atoms with Crippen molar-refractivity contribution in [1.29, 1.82) is 0 Å². The Morgan fingerprint density at radius 2 is 1.87 bits per heavy atom. The molecule has 1 fully saturated rings. The molecule has 5 nitrogen and oxygen atoms in total. The van der Waals surface area contributed by atoms with E-state index in [2.05, 4.69) is 31.6 Å². The van der Waals surface area contributed by atoms with Gasteiger partial charge in [-0.3, -0.25) is 0 Å². The number of sulfonamides is 1. The highest BCUT2D eigenvalue weighted by Gasteiger charge is 2.31. The molecular formula is C25H39NO4S. The summed E-state index contributed by atoms with van der Waals surface area (Å²) in [6, 6.07) is 1.47. The first-order valence-corrected chi connectivity index (χ1v) is 13.0. The van der Waals surface area contributed by atoms with Crippen molar-refractivity contribution >= 4 is 10.0 Å². The van der Waals surface area contributed by atoms with Crippen LogP contribution in [0.3, 0.4) is 0 Å². The van der Waals surface area contributed by atoms with E-state index in [0.29, 0.717) is 18.4 Å². The van der Waals surface area contributed by atoms with Crippen LogP contribution in [0.15, 0.2) is 34.3 Å². The molecule has 0 unspecified atom stereocenters. The van der Waals surface area contributed by atoms with Crippen molar-refractivity contribution < 1.29 is 18.6 Å². The molecule has 0 radical (unpaired) electrons. The van der Waals surface area contributed by atoms with Crippen LogP contribution in [0.25, 0.3) is 0 Å². The highest BCUT2D eigenvalue weighted by atomic mass is 32.2. The number of aryl methyl sites for hydroxylation is 1. The number of allylic oxidation sites excluding steroid dienone is 4. The standard InChI is InChI=1S/C25H39NO4S/c1-5-6-7-12-20-17-23(27)22(16-15-19(4)11-8-10-18(2)3)24(28)25(20)31(29,30)26-21-13-9-14-21/h10,15,17,21,26-28H,5-9,11-14,16H2,1-4H3. The molecular weight excluding hydrogens is 410 g/mol. The monoisotopic (exact) mass is 449 g/mol. The summed E-state index contributed by atoms with van der Waals surface area (Å²) in [7, 11) is -3.86. The van der Waals surface area contributed by atoms with Gasteiger partial charge in [0, 0.05) is 11.6 Å². The van der Waals surface area contributed by atoms with Gasteiger partial charge in [-0.15, -0.1) is 0 Å². The Labute approximate surface area is 188 Å². The van der Waals surface area contributed by atoms with E-state index in [4.69, 9.17) is 0 Å². The first-order chi connectivity index (χ1) is 14.7. The maximum atomic E-state index is 13.1. The van der Waals surface area contributed by atoms with Crippen molar-refractivity contribution in [2.45, 2.75) is 103 Å². The minimum Gasteiger partial charge on any atom is -0.508 e. The lowest BCUT2D eigenvalue weighted by Crippen LogP contribution is -2.39. The number of benzene rings is 1. The summed E-state index contributed by atoms with van der Waals surface area (Å²) in [5, 5.41) is 21.6. The maximum Gasteiger partial charge on any atom is 0.244 e. The SMILES string of the molecule is CCCCCc1cc(O)c(CC=C(C)CCC=C(C)C)c(O)c1S(=O)(=O)NC1CCC1. The quantitative estimate of drug-likeness (QED) is 0.274. The minimum atomic E-state index is -3.86. The third kappa shape index (κ3) is 7.39. The van der Waals surface area contributed by atoms with E-state index in [-0.39, 0.29) is 28.0 Å².